The summed E-state index contributed by atoms with van der Waals surface area (Å²) < 4.78 is 5.43. The molecule has 0 aromatic heterocycles. The van der Waals surface area contributed by atoms with E-state index < -0.39 is 0 Å². The fourth-order valence-corrected chi connectivity index (χ4v) is 0.817. The zero-order valence-corrected chi connectivity index (χ0v) is 6.95. The van der Waals surface area contributed by atoms with E-state index in [1.807, 2.05) is 32.2 Å². The Bertz CT molecular complexity index is 202. The first-order valence-corrected chi connectivity index (χ1v) is 3.84. The molecule has 2 heteroatoms. The highest BCUT2D eigenvalue weighted by atomic mass is 16.5. The van der Waals surface area contributed by atoms with Gasteiger partial charge in [0.05, 0.1) is 12.3 Å². The van der Waals surface area contributed by atoms with E-state index in [9.17, 15) is 0 Å². The molecule has 0 saturated carbocycles. The summed E-state index contributed by atoms with van der Waals surface area (Å²) in [4.78, 5) is 4.03. The third-order valence-corrected chi connectivity index (χ3v) is 1.20. The lowest BCUT2D eigenvalue weighted by Crippen LogP contribution is -1.99. The van der Waals surface area contributed by atoms with Crippen molar-refractivity contribution in [3.8, 4) is 0 Å². The summed E-state index contributed by atoms with van der Waals surface area (Å²) in [5.74, 6) is 0.841. The number of aliphatic imine (C=N–C) groups is 1. The van der Waals surface area contributed by atoms with Gasteiger partial charge in [-0.3, -0.25) is 4.99 Å². The average molecular weight is 151 g/mol. The van der Waals surface area contributed by atoms with Gasteiger partial charge in [-0.2, -0.15) is 0 Å². The highest BCUT2D eigenvalue weighted by molar-refractivity contribution is 5.61. The van der Waals surface area contributed by atoms with Gasteiger partial charge in [0, 0.05) is 12.6 Å². The number of allylic oxidation sites excluding steroid dienone is 2. The maximum absolute atomic E-state index is 5.43. The van der Waals surface area contributed by atoms with Crippen molar-refractivity contribution in [3.05, 3.63) is 24.1 Å². The molecule has 1 heterocycles. The van der Waals surface area contributed by atoms with E-state index in [1.54, 1.807) is 6.20 Å². The predicted octanol–water partition coefficient (Wildman–Crippen LogP) is 2.28. The molecule has 0 saturated heterocycles. The molecule has 1 rings (SSSR count). The molecule has 0 aromatic rings. The first kappa shape index (κ1) is 8.05. The van der Waals surface area contributed by atoms with Crippen LogP contribution in [-0.4, -0.2) is 12.3 Å². The van der Waals surface area contributed by atoms with Gasteiger partial charge in [-0.05, 0) is 19.9 Å². The van der Waals surface area contributed by atoms with Crippen LogP contribution in [0.15, 0.2) is 29.1 Å². The van der Waals surface area contributed by atoms with Gasteiger partial charge in [0.25, 0.3) is 0 Å². The van der Waals surface area contributed by atoms with Crippen LogP contribution < -0.4 is 0 Å². The molecular formula is C9H13NO. The van der Waals surface area contributed by atoms with Crippen LogP contribution in [0.25, 0.3) is 0 Å². The minimum atomic E-state index is 0.221. The molecule has 0 amide bonds. The fraction of sp³-hybridized carbons (Fsp3) is 0.444. The topological polar surface area (TPSA) is 21.6 Å². The minimum absolute atomic E-state index is 0.221. The third-order valence-electron chi connectivity index (χ3n) is 1.20. The molecule has 0 aliphatic carbocycles. The molecule has 0 fully saturated rings. The van der Waals surface area contributed by atoms with Gasteiger partial charge in [0.1, 0.15) is 5.76 Å². The quantitative estimate of drug-likeness (QED) is 0.593. The van der Waals surface area contributed by atoms with E-state index in [1.165, 1.54) is 0 Å². The lowest BCUT2D eigenvalue weighted by Gasteiger charge is -2.08. The summed E-state index contributed by atoms with van der Waals surface area (Å²) in [5, 5.41) is 0. The Kier molecular flexibility index (Phi) is 2.90. The number of rotatable bonds is 2. The van der Waals surface area contributed by atoms with Crippen LogP contribution >= 0.6 is 0 Å². The van der Waals surface area contributed by atoms with E-state index in [0.29, 0.717) is 0 Å². The van der Waals surface area contributed by atoms with Gasteiger partial charge in [0.15, 0.2) is 0 Å². The van der Waals surface area contributed by atoms with Crippen molar-refractivity contribution in [2.75, 3.05) is 0 Å². The van der Waals surface area contributed by atoms with Gasteiger partial charge >= 0.3 is 0 Å². The first-order chi connectivity index (χ1) is 5.29. The number of nitrogens with zero attached hydrogens (tertiary/aromatic N) is 1. The third kappa shape index (κ3) is 3.03. The van der Waals surface area contributed by atoms with E-state index in [-0.39, 0.29) is 6.10 Å². The second kappa shape index (κ2) is 3.96. The smallest absolute Gasteiger partial charge is 0.137 e. The summed E-state index contributed by atoms with van der Waals surface area (Å²) in [5.41, 5.74) is 0. The molecular weight excluding hydrogens is 138 g/mol. The molecule has 11 heavy (non-hydrogen) atoms. The SMILES string of the molecule is CC(C)OC1=CN=CCC=C1. The lowest BCUT2D eigenvalue weighted by atomic mass is 10.4. The standard InChI is InChI=1S/C9H13NO/c1-8(2)11-9-5-3-4-6-10-7-9/h3,5-8H,4H2,1-2H3. The van der Waals surface area contributed by atoms with Crippen LogP contribution in [0.5, 0.6) is 0 Å². The van der Waals surface area contributed by atoms with Crippen molar-refractivity contribution in [2.24, 2.45) is 4.99 Å². The molecule has 60 valence electrons. The number of hydrogen-bond acceptors (Lipinski definition) is 2. The van der Waals surface area contributed by atoms with Crippen molar-refractivity contribution < 1.29 is 4.74 Å². The van der Waals surface area contributed by atoms with E-state index in [0.717, 1.165) is 12.2 Å². The molecule has 1 aliphatic rings. The molecule has 0 atom stereocenters. The summed E-state index contributed by atoms with van der Waals surface area (Å²) in [6.45, 7) is 4.01. The van der Waals surface area contributed by atoms with Crippen LogP contribution in [0.3, 0.4) is 0 Å². The van der Waals surface area contributed by atoms with Gasteiger partial charge in [-0.1, -0.05) is 6.08 Å². The molecule has 0 spiro atoms. The van der Waals surface area contributed by atoms with Crippen LogP contribution in [0.4, 0.5) is 0 Å². The largest absolute Gasteiger partial charge is 0.489 e. The molecule has 0 radical (unpaired) electrons. The Balaban J connectivity index is 2.55. The Morgan fingerprint density at radius 2 is 2.36 bits per heavy atom. The molecule has 0 unspecified atom stereocenters. The van der Waals surface area contributed by atoms with Crippen LogP contribution in [0, 0.1) is 0 Å². The van der Waals surface area contributed by atoms with Crippen molar-refractivity contribution in [3.63, 3.8) is 0 Å². The van der Waals surface area contributed by atoms with Gasteiger partial charge < -0.3 is 4.74 Å². The number of ether oxygens (including phenoxy) is 1. The van der Waals surface area contributed by atoms with Crippen molar-refractivity contribution in [1.29, 1.82) is 0 Å². The normalized spacial score (nSPS) is 16.5. The predicted molar refractivity (Wildman–Crippen MR) is 46.6 cm³/mol. The van der Waals surface area contributed by atoms with Crippen molar-refractivity contribution in [1.82, 2.24) is 0 Å². The number of hydrogen-bond donors (Lipinski definition) is 0. The zero-order valence-electron chi connectivity index (χ0n) is 6.95. The van der Waals surface area contributed by atoms with E-state index in [4.69, 9.17) is 4.74 Å². The fourth-order valence-electron chi connectivity index (χ4n) is 0.817. The maximum atomic E-state index is 5.43. The Hall–Kier alpha value is -1.05. The van der Waals surface area contributed by atoms with Gasteiger partial charge in [-0.15, -0.1) is 0 Å². The van der Waals surface area contributed by atoms with Gasteiger partial charge in [0.2, 0.25) is 0 Å². The van der Waals surface area contributed by atoms with Crippen molar-refractivity contribution in [2.45, 2.75) is 26.4 Å². The Morgan fingerprint density at radius 3 is 3.09 bits per heavy atom. The second-order valence-corrected chi connectivity index (χ2v) is 2.67. The maximum Gasteiger partial charge on any atom is 0.137 e. The Labute approximate surface area is 67.3 Å². The highest BCUT2D eigenvalue weighted by Gasteiger charge is 1.97. The molecule has 0 bridgehead atoms. The molecule has 0 aromatic carbocycles. The van der Waals surface area contributed by atoms with Crippen molar-refractivity contribution >= 4 is 6.21 Å². The minimum Gasteiger partial charge on any atom is -0.489 e. The van der Waals surface area contributed by atoms with Gasteiger partial charge in [-0.25, -0.2) is 0 Å². The first-order valence-electron chi connectivity index (χ1n) is 3.84. The average Bonchev–Trinajstić information content (AvgIpc) is 2.14. The van der Waals surface area contributed by atoms with Crippen LogP contribution in [0.1, 0.15) is 20.3 Å². The molecule has 2 nitrogen and oxygen atoms in total. The second-order valence-electron chi connectivity index (χ2n) is 2.67. The van der Waals surface area contributed by atoms with Crippen LogP contribution in [-0.2, 0) is 4.74 Å². The monoisotopic (exact) mass is 151 g/mol. The Morgan fingerprint density at radius 1 is 1.55 bits per heavy atom. The summed E-state index contributed by atoms with van der Waals surface area (Å²) >= 11 is 0. The summed E-state index contributed by atoms with van der Waals surface area (Å²) in [7, 11) is 0. The molecule has 0 N–H and O–H groups in total. The van der Waals surface area contributed by atoms with Crippen LogP contribution in [0.2, 0.25) is 0 Å². The lowest BCUT2D eigenvalue weighted by molar-refractivity contribution is 0.157. The molecule has 1 aliphatic heterocycles. The highest BCUT2D eigenvalue weighted by Crippen LogP contribution is 2.06. The summed E-state index contributed by atoms with van der Waals surface area (Å²) in [6.07, 6.45) is 8.69. The van der Waals surface area contributed by atoms with E-state index in [2.05, 4.69) is 4.99 Å². The summed E-state index contributed by atoms with van der Waals surface area (Å²) in [6, 6.07) is 0. The van der Waals surface area contributed by atoms with E-state index >= 15 is 0 Å². The zero-order chi connectivity index (χ0) is 8.10.